The van der Waals surface area contributed by atoms with Gasteiger partial charge in [0, 0.05) is 24.8 Å². The molecule has 0 spiro atoms. The highest BCUT2D eigenvalue weighted by Crippen LogP contribution is 2.32. The average Bonchev–Trinajstić information content (AvgIpc) is 2.19. The minimum Gasteiger partial charge on any atom is -0.370 e. The van der Waals surface area contributed by atoms with Gasteiger partial charge in [-0.25, -0.2) is 0 Å². The zero-order valence-corrected chi connectivity index (χ0v) is 10.0. The quantitative estimate of drug-likeness (QED) is 0.671. The molecule has 1 heteroatoms. The van der Waals surface area contributed by atoms with Crippen LogP contribution in [0, 0.1) is 6.92 Å². The molecule has 1 aromatic rings. The monoisotopic (exact) mass is 201 g/mol. The molecule has 1 heterocycles. The topological polar surface area (TPSA) is 3.24 Å². The Morgan fingerprint density at radius 1 is 1.27 bits per heavy atom. The van der Waals surface area contributed by atoms with E-state index in [1.54, 1.807) is 0 Å². The van der Waals surface area contributed by atoms with Gasteiger partial charge in [-0.15, -0.1) is 0 Å². The van der Waals surface area contributed by atoms with Crippen LogP contribution in [0.3, 0.4) is 0 Å². The van der Waals surface area contributed by atoms with Crippen molar-refractivity contribution in [3.8, 4) is 0 Å². The molecular weight excluding hydrogens is 182 g/mol. The molecule has 0 saturated carbocycles. The highest BCUT2D eigenvalue weighted by atomic mass is 15.1. The van der Waals surface area contributed by atoms with Gasteiger partial charge >= 0.3 is 0 Å². The molecule has 0 bridgehead atoms. The lowest BCUT2D eigenvalue weighted by atomic mass is 9.91. The van der Waals surface area contributed by atoms with Gasteiger partial charge in [-0.1, -0.05) is 32.1 Å². The Bertz CT molecular complexity index is 402. The molecular formula is C14H19N. The zero-order valence-electron chi connectivity index (χ0n) is 10.0. The van der Waals surface area contributed by atoms with Crippen molar-refractivity contribution in [2.75, 3.05) is 18.5 Å². The van der Waals surface area contributed by atoms with Crippen LogP contribution in [0.25, 0.3) is 6.08 Å². The molecule has 15 heavy (non-hydrogen) atoms. The molecule has 1 aromatic carbocycles. The van der Waals surface area contributed by atoms with Crippen LogP contribution in [0.1, 0.15) is 36.5 Å². The fourth-order valence-corrected chi connectivity index (χ4v) is 2.33. The van der Waals surface area contributed by atoms with Gasteiger partial charge in [0.1, 0.15) is 0 Å². The second kappa shape index (κ2) is 3.73. The Balaban J connectivity index is 2.59. The van der Waals surface area contributed by atoms with Crippen LogP contribution in [0.15, 0.2) is 18.2 Å². The second-order valence-electron chi connectivity index (χ2n) is 4.65. The van der Waals surface area contributed by atoms with Gasteiger partial charge in [-0.2, -0.15) is 0 Å². The maximum Gasteiger partial charge on any atom is 0.0442 e. The Hall–Kier alpha value is -1.24. The molecule has 1 nitrogen and oxygen atoms in total. The molecule has 0 radical (unpaired) electrons. The van der Waals surface area contributed by atoms with E-state index in [0.29, 0.717) is 5.92 Å². The largest absolute Gasteiger partial charge is 0.370 e. The van der Waals surface area contributed by atoms with Crippen molar-refractivity contribution < 1.29 is 0 Å². The van der Waals surface area contributed by atoms with Crippen LogP contribution in [0.4, 0.5) is 5.69 Å². The lowest BCUT2D eigenvalue weighted by Gasteiger charge is -2.26. The first kappa shape index (κ1) is 10.3. The van der Waals surface area contributed by atoms with Crippen molar-refractivity contribution in [3.05, 3.63) is 34.9 Å². The van der Waals surface area contributed by atoms with E-state index in [-0.39, 0.29) is 0 Å². The molecule has 0 amide bonds. The summed E-state index contributed by atoms with van der Waals surface area (Å²) in [6.07, 6.45) is 4.50. The van der Waals surface area contributed by atoms with E-state index in [2.05, 4.69) is 57.0 Å². The van der Waals surface area contributed by atoms with E-state index in [0.717, 1.165) is 6.54 Å². The van der Waals surface area contributed by atoms with E-state index < -0.39 is 0 Å². The summed E-state index contributed by atoms with van der Waals surface area (Å²) in [7, 11) is 2.15. The van der Waals surface area contributed by atoms with Crippen molar-refractivity contribution >= 4 is 11.8 Å². The number of likely N-dealkylation sites (N-methyl/N-ethyl adjacent to an activating group) is 1. The summed E-state index contributed by atoms with van der Waals surface area (Å²) in [6, 6.07) is 4.52. The Labute approximate surface area is 92.4 Å². The van der Waals surface area contributed by atoms with Gasteiger partial charge in [0.15, 0.2) is 0 Å². The molecule has 0 aliphatic carbocycles. The number of benzene rings is 1. The summed E-state index contributed by atoms with van der Waals surface area (Å²) >= 11 is 0. The van der Waals surface area contributed by atoms with Crippen LogP contribution >= 0.6 is 0 Å². The van der Waals surface area contributed by atoms with E-state index in [9.17, 15) is 0 Å². The molecule has 1 aliphatic rings. The van der Waals surface area contributed by atoms with E-state index in [1.807, 2.05) is 0 Å². The molecule has 0 unspecified atom stereocenters. The standard InChI is InChI=1S/C14H19N/c1-10(2)12-7-8-14-13(11(12)3)6-5-9-15(14)4/h5-8,10H,9H2,1-4H3. The highest BCUT2D eigenvalue weighted by Gasteiger charge is 2.14. The van der Waals surface area contributed by atoms with E-state index in [4.69, 9.17) is 0 Å². The lowest BCUT2D eigenvalue weighted by molar-refractivity contribution is 0.853. The van der Waals surface area contributed by atoms with E-state index >= 15 is 0 Å². The number of fused-ring (bicyclic) bond motifs is 1. The molecule has 0 atom stereocenters. The number of rotatable bonds is 1. The fraction of sp³-hybridized carbons (Fsp3) is 0.429. The van der Waals surface area contributed by atoms with E-state index in [1.165, 1.54) is 22.4 Å². The third-order valence-electron chi connectivity index (χ3n) is 3.23. The van der Waals surface area contributed by atoms with Gasteiger partial charge in [0.05, 0.1) is 0 Å². The van der Waals surface area contributed by atoms with Crippen LogP contribution in [-0.4, -0.2) is 13.6 Å². The normalized spacial score (nSPS) is 14.6. The zero-order chi connectivity index (χ0) is 11.0. The van der Waals surface area contributed by atoms with Crippen molar-refractivity contribution in [1.82, 2.24) is 0 Å². The van der Waals surface area contributed by atoms with Gasteiger partial charge in [0.25, 0.3) is 0 Å². The molecule has 0 N–H and O–H groups in total. The fourth-order valence-electron chi connectivity index (χ4n) is 2.33. The number of hydrogen-bond acceptors (Lipinski definition) is 1. The van der Waals surface area contributed by atoms with Crippen LogP contribution in [0.2, 0.25) is 0 Å². The maximum atomic E-state index is 2.30. The molecule has 0 aromatic heterocycles. The van der Waals surface area contributed by atoms with Crippen LogP contribution < -0.4 is 4.90 Å². The first-order chi connectivity index (χ1) is 7.11. The van der Waals surface area contributed by atoms with Gasteiger partial charge < -0.3 is 4.90 Å². The average molecular weight is 201 g/mol. The summed E-state index contributed by atoms with van der Waals surface area (Å²) in [5.41, 5.74) is 5.66. The van der Waals surface area contributed by atoms with Gasteiger partial charge in [-0.3, -0.25) is 0 Å². The first-order valence-electron chi connectivity index (χ1n) is 5.62. The third kappa shape index (κ3) is 1.67. The van der Waals surface area contributed by atoms with Crippen LogP contribution in [-0.2, 0) is 0 Å². The van der Waals surface area contributed by atoms with Crippen molar-refractivity contribution in [2.45, 2.75) is 26.7 Å². The number of anilines is 1. The SMILES string of the molecule is Cc1c(C(C)C)ccc2c1C=CCN2C. The molecule has 2 rings (SSSR count). The van der Waals surface area contributed by atoms with Crippen LogP contribution in [0.5, 0.6) is 0 Å². The highest BCUT2D eigenvalue weighted by molar-refractivity contribution is 5.74. The summed E-state index contributed by atoms with van der Waals surface area (Å²) < 4.78 is 0. The Kier molecular flexibility index (Phi) is 2.56. The third-order valence-corrected chi connectivity index (χ3v) is 3.23. The second-order valence-corrected chi connectivity index (χ2v) is 4.65. The molecule has 0 fully saturated rings. The summed E-state index contributed by atoms with van der Waals surface area (Å²) in [4.78, 5) is 2.30. The smallest absolute Gasteiger partial charge is 0.0442 e. The van der Waals surface area contributed by atoms with Gasteiger partial charge in [-0.05, 0) is 30.0 Å². The summed E-state index contributed by atoms with van der Waals surface area (Å²) in [6.45, 7) is 7.76. The molecule has 1 aliphatic heterocycles. The Morgan fingerprint density at radius 3 is 2.67 bits per heavy atom. The predicted octanol–water partition coefficient (Wildman–Crippen LogP) is 3.58. The Morgan fingerprint density at radius 2 is 2.00 bits per heavy atom. The molecule has 80 valence electrons. The minimum absolute atomic E-state index is 0.607. The summed E-state index contributed by atoms with van der Waals surface area (Å²) in [5, 5.41) is 0. The van der Waals surface area contributed by atoms with Gasteiger partial charge in [0.2, 0.25) is 0 Å². The number of hydrogen-bond donors (Lipinski definition) is 0. The van der Waals surface area contributed by atoms with Crippen molar-refractivity contribution in [3.63, 3.8) is 0 Å². The van der Waals surface area contributed by atoms with Crippen molar-refractivity contribution in [1.29, 1.82) is 0 Å². The first-order valence-corrected chi connectivity index (χ1v) is 5.62. The number of nitrogens with zero attached hydrogens (tertiary/aromatic N) is 1. The van der Waals surface area contributed by atoms with Crippen molar-refractivity contribution in [2.24, 2.45) is 0 Å². The molecule has 0 saturated heterocycles. The predicted molar refractivity (Wildman–Crippen MR) is 67.6 cm³/mol. The minimum atomic E-state index is 0.607. The maximum absolute atomic E-state index is 2.30. The summed E-state index contributed by atoms with van der Waals surface area (Å²) in [5.74, 6) is 0.607. The lowest BCUT2D eigenvalue weighted by Crippen LogP contribution is -2.21.